The van der Waals surface area contributed by atoms with Gasteiger partial charge < -0.3 is 5.32 Å². The minimum Gasteiger partial charge on any atom is -0.364 e. The number of hydrogen-bond acceptors (Lipinski definition) is 2. The summed E-state index contributed by atoms with van der Waals surface area (Å²) in [6, 6.07) is 14.6. The molecule has 0 saturated carbocycles. The molecule has 0 spiro atoms. The van der Waals surface area contributed by atoms with Crippen LogP contribution >= 0.6 is 0 Å². The smallest absolute Gasteiger partial charge is 0.139 e. The van der Waals surface area contributed by atoms with Crippen molar-refractivity contribution < 1.29 is 0 Å². The van der Waals surface area contributed by atoms with Gasteiger partial charge in [-0.2, -0.15) is 0 Å². The quantitative estimate of drug-likeness (QED) is 0.529. The summed E-state index contributed by atoms with van der Waals surface area (Å²) in [5.41, 5.74) is 5.72. The van der Waals surface area contributed by atoms with Gasteiger partial charge in [0.2, 0.25) is 0 Å². The van der Waals surface area contributed by atoms with Crippen LogP contribution in [0.25, 0.3) is 17.3 Å². The number of allylic oxidation sites excluding steroid dienone is 1. The summed E-state index contributed by atoms with van der Waals surface area (Å²) in [7, 11) is 0. The number of aryl methyl sites for hydroxylation is 1. The van der Waals surface area contributed by atoms with Crippen LogP contribution in [0, 0.1) is 12.3 Å². The number of nitrogens with one attached hydrogen (secondary N) is 1. The molecule has 0 aliphatic rings. The molecule has 0 bridgehead atoms. The first kappa shape index (κ1) is 20.2. The van der Waals surface area contributed by atoms with Crippen molar-refractivity contribution in [3.8, 4) is 0 Å². The Hall–Kier alpha value is -2.55. The summed E-state index contributed by atoms with van der Waals surface area (Å²) in [6.45, 7) is 15.7. The lowest BCUT2D eigenvalue weighted by Crippen LogP contribution is -2.36. The van der Waals surface area contributed by atoms with E-state index >= 15 is 0 Å². The number of pyridine rings is 1. The van der Waals surface area contributed by atoms with Crippen molar-refractivity contribution in [1.29, 1.82) is 0 Å². The van der Waals surface area contributed by atoms with E-state index < -0.39 is 0 Å². The van der Waals surface area contributed by atoms with Crippen molar-refractivity contribution in [3.63, 3.8) is 0 Å². The second-order valence-electron chi connectivity index (χ2n) is 9.73. The molecule has 1 aromatic carbocycles. The van der Waals surface area contributed by atoms with E-state index in [4.69, 9.17) is 4.98 Å². The molecule has 0 unspecified atom stereocenters. The molecule has 0 aliphatic carbocycles. The van der Waals surface area contributed by atoms with Gasteiger partial charge in [0, 0.05) is 11.7 Å². The molecule has 3 rings (SSSR count). The highest BCUT2D eigenvalue weighted by Crippen LogP contribution is 2.33. The van der Waals surface area contributed by atoms with Gasteiger partial charge in [0.25, 0.3) is 0 Å². The molecule has 3 nitrogen and oxygen atoms in total. The largest absolute Gasteiger partial charge is 0.364 e. The van der Waals surface area contributed by atoms with Crippen molar-refractivity contribution in [2.75, 3.05) is 5.32 Å². The third-order valence-electron chi connectivity index (χ3n) is 4.75. The van der Waals surface area contributed by atoms with E-state index in [0.717, 1.165) is 29.2 Å². The number of benzene rings is 1. The standard InChI is InChI=1S/C25H33N3/c1-18-13-14-21-26-22(19(2)15-20-11-9-8-10-12-20)23(28(21)16-18)27-25(6,7)17-24(3,4)5/h8-16,27H,17H2,1-7H3/b19-15+. The van der Waals surface area contributed by atoms with Crippen molar-refractivity contribution in [1.82, 2.24) is 9.38 Å². The van der Waals surface area contributed by atoms with Crippen molar-refractivity contribution in [2.24, 2.45) is 5.41 Å². The van der Waals surface area contributed by atoms with Crippen LogP contribution in [0.1, 0.15) is 64.8 Å². The second kappa shape index (κ2) is 7.46. The molecule has 28 heavy (non-hydrogen) atoms. The molecule has 3 aromatic rings. The zero-order chi connectivity index (χ0) is 20.5. The lowest BCUT2D eigenvalue weighted by atomic mass is 9.82. The maximum Gasteiger partial charge on any atom is 0.139 e. The summed E-state index contributed by atoms with van der Waals surface area (Å²) in [5, 5.41) is 3.82. The van der Waals surface area contributed by atoms with Crippen LogP contribution in [-0.4, -0.2) is 14.9 Å². The van der Waals surface area contributed by atoms with Crippen molar-refractivity contribution >= 4 is 23.1 Å². The van der Waals surface area contributed by atoms with Crippen molar-refractivity contribution in [3.05, 3.63) is 65.5 Å². The highest BCUT2D eigenvalue weighted by Gasteiger charge is 2.28. The third kappa shape index (κ3) is 4.83. The first-order chi connectivity index (χ1) is 13.0. The molecule has 1 N–H and O–H groups in total. The Balaban J connectivity index is 2.10. The fourth-order valence-corrected chi connectivity index (χ4v) is 4.10. The fourth-order valence-electron chi connectivity index (χ4n) is 4.10. The first-order valence-electron chi connectivity index (χ1n) is 10.0. The monoisotopic (exact) mass is 375 g/mol. The molecule has 0 fully saturated rings. The number of aromatic nitrogens is 2. The van der Waals surface area contributed by atoms with E-state index in [-0.39, 0.29) is 11.0 Å². The van der Waals surface area contributed by atoms with Crippen LogP contribution in [0.3, 0.4) is 0 Å². The van der Waals surface area contributed by atoms with Gasteiger partial charge in [-0.25, -0.2) is 4.98 Å². The molecular weight excluding hydrogens is 342 g/mol. The van der Waals surface area contributed by atoms with Gasteiger partial charge in [0.15, 0.2) is 0 Å². The molecule has 0 atom stereocenters. The third-order valence-corrected chi connectivity index (χ3v) is 4.75. The lowest BCUT2D eigenvalue weighted by Gasteiger charge is -2.34. The fraction of sp³-hybridized carbons (Fsp3) is 0.400. The molecule has 2 aromatic heterocycles. The number of anilines is 1. The average Bonchev–Trinajstić information content (AvgIpc) is 2.91. The van der Waals surface area contributed by atoms with Gasteiger partial charge in [0.05, 0.1) is 0 Å². The van der Waals surface area contributed by atoms with E-state index in [9.17, 15) is 0 Å². The summed E-state index contributed by atoms with van der Waals surface area (Å²) in [6.07, 6.45) is 5.42. The first-order valence-corrected chi connectivity index (χ1v) is 10.0. The van der Waals surface area contributed by atoms with Gasteiger partial charge >= 0.3 is 0 Å². The SMILES string of the molecule is C/C(=C\c1ccccc1)c1nc2ccc(C)cn2c1NC(C)(C)CC(C)(C)C. The van der Waals surface area contributed by atoms with E-state index in [1.807, 2.05) is 6.07 Å². The topological polar surface area (TPSA) is 29.3 Å². The van der Waals surface area contributed by atoms with E-state index in [1.54, 1.807) is 0 Å². The van der Waals surface area contributed by atoms with Crippen LogP contribution in [0.4, 0.5) is 5.82 Å². The van der Waals surface area contributed by atoms with Gasteiger partial charge in [-0.3, -0.25) is 4.40 Å². The summed E-state index contributed by atoms with van der Waals surface area (Å²) >= 11 is 0. The van der Waals surface area contributed by atoms with E-state index in [2.05, 4.69) is 107 Å². The van der Waals surface area contributed by atoms with E-state index in [0.29, 0.717) is 0 Å². The van der Waals surface area contributed by atoms with Crippen LogP contribution in [0.2, 0.25) is 0 Å². The Kier molecular flexibility index (Phi) is 5.38. The number of nitrogens with zero attached hydrogens (tertiary/aromatic N) is 2. The van der Waals surface area contributed by atoms with Gasteiger partial charge in [-0.05, 0) is 68.4 Å². The Morgan fingerprint density at radius 3 is 2.36 bits per heavy atom. The molecule has 0 saturated heterocycles. The van der Waals surface area contributed by atoms with Crippen molar-refractivity contribution in [2.45, 2.75) is 60.4 Å². The van der Waals surface area contributed by atoms with Crippen LogP contribution in [-0.2, 0) is 0 Å². The maximum absolute atomic E-state index is 4.96. The number of fused-ring (bicyclic) bond motifs is 1. The second-order valence-corrected chi connectivity index (χ2v) is 9.73. The molecule has 3 heteroatoms. The molecule has 0 radical (unpaired) electrons. The molecule has 2 heterocycles. The minimum absolute atomic E-state index is 0.0558. The lowest BCUT2D eigenvalue weighted by molar-refractivity contribution is 0.302. The predicted molar refractivity (Wildman–Crippen MR) is 122 cm³/mol. The van der Waals surface area contributed by atoms with Crippen LogP contribution < -0.4 is 5.32 Å². The minimum atomic E-state index is -0.0558. The summed E-state index contributed by atoms with van der Waals surface area (Å²) < 4.78 is 2.19. The average molecular weight is 376 g/mol. The zero-order valence-electron chi connectivity index (χ0n) is 18.3. The number of rotatable bonds is 5. The summed E-state index contributed by atoms with van der Waals surface area (Å²) in [5.74, 6) is 1.07. The van der Waals surface area contributed by atoms with Gasteiger partial charge in [-0.1, -0.05) is 57.2 Å². The Bertz CT molecular complexity index is 986. The van der Waals surface area contributed by atoms with Crippen LogP contribution in [0.5, 0.6) is 0 Å². The Morgan fingerprint density at radius 1 is 1.04 bits per heavy atom. The molecule has 148 valence electrons. The highest BCUT2D eigenvalue weighted by atomic mass is 15.2. The normalized spacial score (nSPS) is 13.2. The van der Waals surface area contributed by atoms with E-state index in [1.165, 1.54) is 11.1 Å². The Labute approximate surface area is 169 Å². The Morgan fingerprint density at radius 2 is 1.71 bits per heavy atom. The van der Waals surface area contributed by atoms with Gasteiger partial charge in [-0.15, -0.1) is 0 Å². The molecular formula is C25H33N3. The highest BCUT2D eigenvalue weighted by molar-refractivity contribution is 5.85. The zero-order valence-corrected chi connectivity index (χ0v) is 18.3. The number of imidazole rings is 1. The summed E-state index contributed by atoms with van der Waals surface area (Å²) in [4.78, 5) is 4.96. The number of hydrogen-bond donors (Lipinski definition) is 1. The maximum atomic E-state index is 4.96. The molecule has 0 aliphatic heterocycles. The molecule has 0 amide bonds. The van der Waals surface area contributed by atoms with Gasteiger partial charge in [0.1, 0.15) is 17.2 Å². The van der Waals surface area contributed by atoms with Crippen LogP contribution in [0.15, 0.2) is 48.7 Å². The predicted octanol–water partition coefficient (Wildman–Crippen LogP) is 6.83.